The summed E-state index contributed by atoms with van der Waals surface area (Å²) in [4.78, 5) is 27.9. The van der Waals surface area contributed by atoms with Gasteiger partial charge in [0.15, 0.2) is 0 Å². The zero-order chi connectivity index (χ0) is 23.6. The number of amides is 2. The molecule has 0 bridgehead atoms. The second-order valence-corrected chi connectivity index (χ2v) is 8.55. The highest BCUT2D eigenvalue weighted by Crippen LogP contribution is 2.40. The van der Waals surface area contributed by atoms with Gasteiger partial charge in [-0.3, -0.25) is 9.59 Å². The predicted octanol–water partition coefficient (Wildman–Crippen LogP) is 5.16. The molecular formula is C22H24Cl3N5O2. The van der Waals surface area contributed by atoms with Crippen LogP contribution < -0.4 is 20.5 Å². The second kappa shape index (κ2) is 9.57. The molecule has 170 valence electrons. The van der Waals surface area contributed by atoms with Gasteiger partial charge in [0.05, 0.1) is 15.8 Å². The number of nitrogens with zero attached hydrogens (tertiary/aromatic N) is 3. The topological polar surface area (TPSA) is 77.0 Å². The van der Waals surface area contributed by atoms with Gasteiger partial charge in [0.1, 0.15) is 5.69 Å². The summed E-state index contributed by atoms with van der Waals surface area (Å²) in [7, 11) is 0. The van der Waals surface area contributed by atoms with Gasteiger partial charge in [-0.15, -0.1) is 0 Å². The molecule has 0 fully saturated rings. The zero-order valence-corrected chi connectivity index (χ0v) is 20.4. The first-order valence-corrected chi connectivity index (χ1v) is 11.2. The monoisotopic (exact) mass is 495 g/mol. The maximum Gasteiger partial charge on any atom is 0.300 e. The largest absolute Gasteiger partial charge is 0.372 e. The molecule has 0 aliphatic carbocycles. The van der Waals surface area contributed by atoms with Crippen LogP contribution in [0.1, 0.15) is 27.7 Å². The van der Waals surface area contributed by atoms with E-state index in [9.17, 15) is 9.59 Å². The quantitative estimate of drug-likeness (QED) is 0.519. The molecule has 0 saturated carbocycles. The lowest BCUT2D eigenvalue weighted by molar-refractivity contribution is -0.127. The molecule has 2 N–H and O–H groups in total. The lowest BCUT2D eigenvalue weighted by Crippen LogP contribution is -2.64. The maximum atomic E-state index is 13.6. The summed E-state index contributed by atoms with van der Waals surface area (Å²) in [6.07, 6.45) is 0. The third-order valence-electron chi connectivity index (χ3n) is 5.19. The van der Waals surface area contributed by atoms with E-state index in [4.69, 9.17) is 34.8 Å². The molecule has 2 aromatic rings. The molecule has 1 aliphatic rings. The van der Waals surface area contributed by atoms with Crippen LogP contribution in [0.25, 0.3) is 0 Å². The summed E-state index contributed by atoms with van der Waals surface area (Å²) in [5, 5.41) is 12.0. The fraction of sp³-hybridized carbons (Fsp3) is 0.318. The van der Waals surface area contributed by atoms with Crippen molar-refractivity contribution in [3.05, 3.63) is 51.5 Å². The number of hydrogen-bond acceptors (Lipinski definition) is 5. The molecule has 1 aliphatic heterocycles. The first-order valence-electron chi connectivity index (χ1n) is 10.1. The molecule has 0 saturated heterocycles. The van der Waals surface area contributed by atoms with Crippen molar-refractivity contribution in [1.29, 1.82) is 0 Å². The summed E-state index contributed by atoms with van der Waals surface area (Å²) in [5.41, 5.74) is 0.599. The zero-order valence-electron chi connectivity index (χ0n) is 18.2. The number of nitrogens with one attached hydrogen (secondary N) is 2. The minimum Gasteiger partial charge on any atom is -0.372 e. The number of hydrazone groups is 1. The van der Waals surface area contributed by atoms with Crippen LogP contribution in [-0.4, -0.2) is 36.3 Å². The molecule has 32 heavy (non-hydrogen) atoms. The Bertz CT molecular complexity index is 1050. The lowest BCUT2D eigenvalue weighted by Gasteiger charge is -2.31. The van der Waals surface area contributed by atoms with Crippen molar-refractivity contribution in [3.8, 4) is 0 Å². The molecule has 0 radical (unpaired) electrons. The fourth-order valence-electron chi connectivity index (χ4n) is 3.62. The van der Waals surface area contributed by atoms with Gasteiger partial charge < -0.3 is 15.5 Å². The summed E-state index contributed by atoms with van der Waals surface area (Å²) in [5.74, 6) is -0.959. The first kappa shape index (κ1) is 24.2. The van der Waals surface area contributed by atoms with E-state index in [0.29, 0.717) is 16.4 Å². The van der Waals surface area contributed by atoms with Gasteiger partial charge in [-0.2, -0.15) is 10.1 Å². The molecule has 2 aromatic carbocycles. The van der Waals surface area contributed by atoms with E-state index in [-0.39, 0.29) is 15.7 Å². The van der Waals surface area contributed by atoms with Crippen LogP contribution in [0.4, 0.5) is 17.1 Å². The van der Waals surface area contributed by atoms with Crippen molar-refractivity contribution in [3.63, 3.8) is 0 Å². The van der Waals surface area contributed by atoms with Crippen LogP contribution in [0.5, 0.6) is 0 Å². The Balaban J connectivity index is 2.00. The molecule has 10 heteroatoms. The Morgan fingerprint density at radius 2 is 1.66 bits per heavy atom. The highest BCUT2D eigenvalue weighted by Gasteiger charge is 2.51. The second-order valence-electron chi connectivity index (χ2n) is 7.30. The number of carbonyl (C=O) groups is 2. The van der Waals surface area contributed by atoms with Crippen molar-refractivity contribution < 1.29 is 9.59 Å². The molecule has 0 spiro atoms. The summed E-state index contributed by atoms with van der Waals surface area (Å²) >= 11 is 18.6. The van der Waals surface area contributed by atoms with E-state index < -0.39 is 17.5 Å². The SMILES string of the molecule is CCN(CC)c1ccc(NC2(NC(C)=O)C(=O)N(c3c(Cl)cc(Cl)cc3Cl)N=C2C)cc1. The van der Waals surface area contributed by atoms with E-state index in [1.165, 1.54) is 19.1 Å². The van der Waals surface area contributed by atoms with Gasteiger partial charge in [-0.05, 0) is 57.2 Å². The minimum absolute atomic E-state index is 0.162. The van der Waals surface area contributed by atoms with Crippen LogP contribution in [0.3, 0.4) is 0 Å². The van der Waals surface area contributed by atoms with Gasteiger partial charge in [0.2, 0.25) is 11.6 Å². The molecule has 7 nitrogen and oxygen atoms in total. The van der Waals surface area contributed by atoms with Gasteiger partial charge in [0.25, 0.3) is 5.91 Å². The highest BCUT2D eigenvalue weighted by atomic mass is 35.5. The fourth-order valence-corrected chi connectivity index (χ4v) is 4.59. The summed E-state index contributed by atoms with van der Waals surface area (Å²) < 4.78 is 0. The van der Waals surface area contributed by atoms with Gasteiger partial charge >= 0.3 is 0 Å². The predicted molar refractivity (Wildman–Crippen MR) is 132 cm³/mol. The number of rotatable bonds is 7. The molecule has 1 heterocycles. The molecule has 1 atom stereocenters. The standard InChI is InChI=1S/C22H24Cl3N5O2/c1-5-29(6-2)17-9-7-16(8-10-17)27-22(26-14(4)31)13(3)28-30(21(22)32)20-18(24)11-15(23)12-19(20)25/h7-12,27H,5-6H2,1-4H3,(H,26,31). The Labute approximate surface area is 202 Å². The minimum atomic E-state index is -1.60. The highest BCUT2D eigenvalue weighted by molar-refractivity contribution is 6.43. The molecule has 0 aromatic heterocycles. The number of benzene rings is 2. The third kappa shape index (κ3) is 4.51. The van der Waals surface area contributed by atoms with E-state index >= 15 is 0 Å². The molecule has 3 rings (SSSR count). The van der Waals surface area contributed by atoms with Crippen molar-refractivity contribution in [1.82, 2.24) is 5.32 Å². The molecule has 1 unspecified atom stereocenters. The van der Waals surface area contributed by atoms with Crippen LogP contribution in [0.15, 0.2) is 41.5 Å². The van der Waals surface area contributed by atoms with Crippen molar-refractivity contribution in [2.24, 2.45) is 5.10 Å². The van der Waals surface area contributed by atoms with Crippen LogP contribution in [0, 0.1) is 0 Å². The first-order chi connectivity index (χ1) is 15.1. The smallest absolute Gasteiger partial charge is 0.300 e. The van der Waals surface area contributed by atoms with Crippen molar-refractivity contribution in [2.45, 2.75) is 33.4 Å². The van der Waals surface area contributed by atoms with Crippen molar-refractivity contribution in [2.75, 3.05) is 28.3 Å². The van der Waals surface area contributed by atoms with Gasteiger partial charge in [-0.25, -0.2) is 0 Å². The maximum absolute atomic E-state index is 13.6. The van der Waals surface area contributed by atoms with E-state index in [1.807, 2.05) is 24.3 Å². The van der Waals surface area contributed by atoms with Crippen LogP contribution in [0.2, 0.25) is 15.1 Å². The van der Waals surface area contributed by atoms with E-state index in [1.54, 1.807) is 6.92 Å². The number of anilines is 3. The van der Waals surface area contributed by atoms with Crippen LogP contribution >= 0.6 is 34.8 Å². The summed E-state index contributed by atoms with van der Waals surface area (Å²) in [6.45, 7) is 8.89. The summed E-state index contributed by atoms with van der Waals surface area (Å²) in [6, 6.07) is 10.5. The Morgan fingerprint density at radius 1 is 1.09 bits per heavy atom. The Morgan fingerprint density at radius 3 is 2.16 bits per heavy atom. The lowest BCUT2D eigenvalue weighted by atomic mass is 10.0. The van der Waals surface area contributed by atoms with Crippen molar-refractivity contribution >= 4 is 69.4 Å². The Hall–Kier alpha value is -2.48. The molecule has 2 amide bonds. The van der Waals surface area contributed by atoms with E-state index in [2.05, 4.69) is 34.5 Å². The van der Waals surface area contributed by atoms with E-state index in [0.717, 1.165) is 23.8 Å². The Kier molecular flexibility index (Phi) is 7.22. The average Bonchev–Trinajstić information content (AvgIpc) is 2.94. The number of carbonyl (C=O) groups excluding carboxylic acids is 2. The third-order valence-corrected chi connectivity index (χ3v) is 5.99. The number of halogens is 3. The molecular weight excluding hydrogens is 473 g/mol. The average molecular weight is 497 g/mol. The van der Waals surface area contributed by atoms with Crippen LogP contribution in [-0.2, 0) is 9.59 Å². The van der Waals surface area contributed by atoms with Gasteiger partial charge in [-0.1, -0.05) is 34.8 Å². The number of hydrogen-bond donors (Lipinski definition) is 2. The normalized spacial score (nSPS) is 17.9. The van der Waals surface area contributed by atoms with Gasteiger partial charge in [0, 0.05) is 36.4 Å².